The predicted octanol–water partition coefficient (Wildman–Crippen LogP) is 7.63. The zero-order valence-corrected chi connectivity index (χ0v) is 20.3. The number of rotatable bonds is 0. The lowest BCUT2D eigenvalue weighted by Gasteiger charge is -2.00. The van der Waals surface area contributed by atoms with Crippen LogP contribution in [0.2, 0.25) is 0 Å². The van der Waals surface area contributed by atoms with Crippen molar-refractivity contribution in [2.24, 2.45) is 0 Å². The van der Waals surface area contributed by atoms with Crippen LogP contribution in [-0.4, -0.2) is 29.4 Å². The van der Waals surface area contributed by atoms with Gasteiger partial charge < -0.3 is 3.55 Å². The minimum Gasteiger partial charge on any atom is -0.451 e. The van der Waals surface area contributed by atoms with Crippen LogP contribution < -0.4 is 0 Å². The van der Waals surface area contributed by atoms with Crippen molar-refractivity contribution < 1.29 is 0 Å². The van der Waals surface area contributed by atoms with E-state index in [0.717, 1.165) is 16.7 Å². The van der Waals surface area contributed by atoms with Crippen molar-refractivity contribution in [2.75, 3.05) is 0 Å². The third-order valence-corrected chi connectivity index (χ3v) is 4.69. The maximum absolute atomic E-state index is 4.72. The smallest absolute Gasteiger partial charge is 0.318 e. The molecular weight excluding hydrogens is 369 g/mol. The summed E-state index contributed by atoms with van der Waals surface area (Å²) < 4.78 is 4.33. The van der Waals surface area contributed by atoms with E-state index >= 15 is 0 Å². The molecule has 4 heteroatoms. The van der Waals surface area contributed by atoms with Gasteiger partial charge in [0.25, 0.3) is 0 Å². The van der Waals surface area contributed by atoms with Crippen molar-refractivity contribution in [1.82, 2.24) is 12.9 Å². The van der Waals surface area contributed by atoms with Crippen molar-refractivity contribution >= 4 is 55.0 Å². The monoisotopic (exact) mass is 403 g/mol. The molecule has 0 unspecified atom stereocenters. The minimum atomic E-state index is 0.982. The minimum absolute atomic E-state index is 0.982. The molecule has 5 rings (SSSR count). The zero-order chi connectivity index (χ0) is 22.0. The van der Waals surface area contributed by atoms with Crippen molar-refractivity contribution in [1.29, 1.82) is 0 Å². The molecule has 0 saturated carbocycles. The summed E-state index contributed by atoms with van der Waals surface area (Å²) in [5.74, 6) is 0. The quantitative estimate of drug-likeness (QED) is 0.244. The second-order valence-corrected chi connectivity index (χ2v) is 5.80. The Morgan fingerprint density at radius 1 is 0.655 bits per heavy atom. The number of nitrogens with zero attached hydrogens (tertiary/aromatic N) is 3. The van der Waals surface area contributed by atoms with E-state index < -0.39 is 0 Å². The molecule has 0 aliphatic carbocycles. The van der Waals surface area contributed by atoms with Crippen molar-refractivity contribution in [3.8, 4) is 0 Å². The Labute approximate surface area is 184 Å². The Morgan fingerprint density at radius 3 is 1.86 bits per heavy atom. The largest absolute Gasteiger partial charge is 0.451 e. The van der Waals surface area contributed by atoms with Crippen LogP contribution in [0.3, 0.4) is 0 Å². The molecule has 0 saturated heterocycles. The van der Waals surface area contributed by atoms with Gasteiger partial charge in [0.05, 0.1) is 11.0 Å². The highest BCUT2D eigenvalue weighted by Crippen LogP contribution is 2.29. The summed E-state index contributed by atoms with van der Waals surface area (Å²) in [4.78, 5) is 4.72. The Kier molecular flexibility index (Phi) is 10.5. The highest BCUT2D eigenvalue weighted by Gasteiger charge is 2.10. The number of imidazole rings is 1. The summed E-state index contributed by atoms with van der Waals surface area (Å²) in [5.41, 5.74) is 5.56. The van der Waals surface area contributed by atoms with Gasteiger partial charge in [0.15, 0.2) is 0 Å². The Bertz CT molecular complexity index is 1150. The molecule has 3 aromatic heterocycles. The SMILES string of the molecule is CC.CC.CC.CC.[Al][n]1c2ccccc2c2cn3c(cc21)nc1ccccc13. The van der Waals surface area contributed by atoms with Gasteiger partial charge in [-0.1, -0.05) is 85.7 Å². The summed E-state index contributed by atoms with van der Waals surface area (Å²) in [7, 11) is 0. The second kappa shape index (κ2) is 12.3. The van der Waals surface area contributed by atoms with E-state index in [2.05, 4.69) is 79.2 Å². The highest BCUT2D eigenvalue weighted by atomic mass is 27.1. The number of fused-ring (bicyclic) bond motifs is 6. The summed E-state index contributed by atoms with van der Waals surface area (Å²) in [6.45, 7) is 16.0. The van der Waals surface area contributed by atoms with Gasteiger partial charge in [-0.3, -0.25) is 4.40 Å². The molecule has 2 aromatic carbocycles. The van der Waals surface area contributed by atoms with E-state index in [4.69, 9.17) is 4.98 Å². The molecule has 2 radical (unpaired) electrons. The van der Waals surface area contributed by atoms with Crippen molar-refractivity contribution in [3.05, 3.63) is 60.8 Å². The standard InChI is InChI=1S/C17H10N3.4C2H6.Al/c1-2-6-13-11(5-1)12-10-20-16-8-4-3-7-14(16)19-17(20)9-15(12)18-13;4*1-2;/h1-10H;4*1-2H3;/q-1;;;;;+1. The van der Waals surface area contributed by atoms with E-state index in [1.165, 1.54) is 21.8 Å². The van der Waals surface area contributed by atoms with Gasteiger partial charge in [-0.05, 0) is 18.2 Å². The Morgan fingerprint density at radius 2 is 1.21 bits per heavy atom. The first-order chi connectivity index (χ1) is 14.3. The molecule has 0 fully saturated rings. The second-order valence-electron chi connectivity index (χ2n) is 5.29. The number of aromatic nitrogens is 3. The molecule has 0 spiro atoms. The van der Waals surface area contributed by atoms with E-state index in [-0.39, 0.29) is 0 Å². The molecule has 5 aromatic rings. The summed E-state index contributed by atoms with van der Waals surface area (Å²) in [5, 5.41) is 2.51. The molecule has 0 N–H and O–H groups in total. The maximum atomic E-state index is 4.72. The van der Waals surface area contributed by atoms with Gasteiger partial charge >= 0.3 is 16.5 Å². The molecule has 0 amide bonds. The van der Waals surface area contributed by atoms with Crippen molar-refractivity contribution in [2.45, 2.75) is 55.4 Å². The van der Waals surface area contributed by atoms with Crippen LogP contribution in [0, 0.1) is 0 Å². The van der Waals surface area contributed by atoms with Gasteiger partial charge in [0.2, 0.25) is 0 Å². The fourth-order valence-electron chi connectivity index (χ4n) is 3.14. The van der Waals surface area contributed by atoms with E-state index in [0.29, 0.717) is 0 Å². The number of benzene rings is 2. The van der Waals surface area contributed by atoms with E-state index in [9.17, 15) is 0 Å². The van der Waals surface area contributed by atoms with Crippen LogP contribution in [0.15, 0.2) is 60.8 Å². The lowest BCUT2D eigenvalue weighted by atomic mass is 10.2. The predicted molar refractivity (Wildman–Crippen MR) is 132 cm³/mol. The van der Waals surface area contributed by atoms with Gasteiger partial charge in [-0.15, -0.1) is 0 Å². The molecule has 3 nitrogen and oxygen atoms in total. The number of pyridine rings is 1. The third kappa shape index (κ3) is 4.66. The molecule has 152 valence electrons. The van der Waals surface area contributed by atoms with Crippen LogP contribution in [0.4, 0.5) is 0 Å². The maximum Gasteiger partial charge on any atom is 0.318 e. The van der Waals surface area contributed by atoms with Gasteiger partial charge in [0, 0.05) is 34.1 Å². The molecule has 0 bridgehead atoms. The first-order valence-electron chi connectivity index (χ1n) is 10.9. The third-order valence-electron chi connectivity index (χ3n) is 4.14. The fourth-order valence-corrected chi connectivity index (χ4v) is 3.58. The number of para-hydroxylation sites is 3. The first-order valence-corrected chi connectivity index (χ1v) is 11.4. The van der Waals surface area contributed by atoms with Crippen LogP contribution in [0.1, 0.15) is 55.4 Å². The van der Waals surface area contributed by atoms with Crippen LogP contribution in [0.5, 0.6) is 0 Å². The molecule has 0 aliphatic heterocycles. The summed E-state index contributed by atoms with van der Waals surface area (Å²) >= 11 is 2.80. The Hall–Kier alpha value is -2.28. The topological polar surface area (TPSA) is 22.2 Å². The van der Waals surface area contributed by atoms with Crippen LogP contribution >= 0.6 is 0 Å². The summed E-state index contributed by atoms with van der Waals surface area (Å²) in [6, 6.07) is 18.9. The molecule has 0 aliphatic rings. The average Bonchev–Trinajstić information content (AvgIpc) is 3.33. The van der Waals surface area contributed by atoms with E-state index in [1.54, 1.807) is 0 Å². The first kappa shape index (κ1) is 24.8. The van der Waals surface area contributed by atoms with E-state index in [1.807, 2.05) is 61.5 Å². The molecule has 3 heterocycles. The molecular formula is C25H34AlN3. The zero-order valence-electron chi connectivity index (χ0n) is 19.2. The molecule has 29 heavy (non-hydrogen) atoms. The Balaban J connectivity index is 0.000000475. The number of hydrogen-bond donors (Lipinski definition) is 0. The van der Waals surface area contributed by atoms with Gasteiger partial charge in [0.1, 0.15) is 5.65 Å². The normalized spacial score (nSPS) is 9.52. The highest BCUT2D eigenvalue weighted by molar-refractivity contribution is 6.22. The lowest BCUT2D eigenvalue weighted by Crippen LogP contribution is -1.91. The molecule has 0 atom stereocenters. The fraction of sp³-hybridized carbons (Fsp3) is 0.320. The van der Waals surface area contributed by atoms with Crippen LogP contribution in [0.25, 0.3) is 38.5 Å². The average molecular weight is 404 g/mol. The van der Waals surface area contributed by atoms with Gasteiger partial charge in [-0.25, -0.2) is 4.98 Å². The number of hydrogen-bond acceptors (Lipinski definition) is 1. The summed E-state index contributed by atoms with van der Waals surface area (Å²) in [6.07, 6.45) is 2.20. The van der Waals surface area contributed by atoms with Gasteiger partial charge in [-0.2, -0.15) is 0 Å². The van der Waals surface area contributed by atoms with Crippen LogP contribution in [-0.2, 0) is 0 Å². The lowest BCUT2D eigenvalue weighted by molar-refractivity contribution is 1.24. The van der Waals surface area contributed by atoms with Crippen molar-refractivity contribution in [3.63, 3.8) is 0 Å².